The zero-order chi connectivity index (χ0) is 21.4. The Labute approximate surface area is 180 Å². The Bertz CT molecular complexity index is 686. The number of hydrogen-bond donors (Lipinski definition) is 2. The van der Waals surface area contributed by atoms with Crippen LogP contribution in [0.4, 0.5) is 4.39 Å². The third kappa shape index (κ3) is 5.93. The molecule has 0 radical (unpaired) electrons. The molecule has 1 atom stereocenters. The number of guanidine groups is 1. The second kappa shape index (κ2) is 11.1. The summed E-state index contributed by atoms with van der Waals surface area (Å²) >= 11 is 0. The minimum Gasteiger partial charge on any atom is -0.381 e. The van der Waals surface area contributed by atoms with E-state index in [-0.39, 0.29) is 11.2 Å². The van der Waals surface area contributed by atoms with Crippen molar-refractivity contribution in [1.29, 1.82) is 0 Å². The fourth-order valence-electron chi connectivity index (χ4n) is 4.52. The van der Waals surface area contributed by atoms with Crippen molar-refractivity contribution in [2.75, 3.05) is 59.7 Å². The average molecular weight is 421 g/mol. The topological polar surface area (TPSA) is 58.1 Å². The number of ether oxygens (including phenoxy) is 2. The predicted molar refractivity (Wildman–Crippen MR) is 119 cm³/mol. The molecule has 7 heteroatoms. The van der Waals surface area contributed by atoms with Crippen molar-refractivity contribution < 1.29 is 13.9 Å². The number of benzene rings is 1. The zero-order valence-corrected chi connectivity index (χ0v) is 18.6. The highest BCUT2D eigenvalue weighted by Gasteiger charge is 2.35. The van der Waals surface area contributed by atoms with Crippen molar-refractivity contribution >= 4 is 5.96 Å². The van der Waals surface area contributed by atoms with Gasteiger partial charge in [0.25, 0.3) is 0 Å². The lowest BCUT2D eigenvalue weighted by atomic mass is 9.74. The van der Waals surface area contributed by atoms with Crippen molar-refractivity contribution in [2.24, 2.45) is 10.9 Å². The van der Waals surface area contributed by atoms with Gasteiger partial charge in [0.1, 0.15) is 5.82 Å². The molecule has 3 rings (SSSR count). The summed E-state index contributed by atoms with van der Waals surface area (Å²) in [6.07, 6.45) is 1.73. The van der Waals surface area contributed by atoms with Gasteiger partial charge in [-0.15, -0.1) is 0 Å². The first-order valence-electron chi connectivity index (χ1n) is 11.1. The Morgan fingerprint density at radius 2 is 1.83 bits per heavy atom. The fraction of sp³-hybridized carbons (Fsp3) is 0.696. The molecular formula is C23H37FN4O2. The molecule has 2 heterocycles. The van der Waals surface area contributed by atoms with Crippen LogP contribution in [-0.4, -0.2) is 76.6 Å². The highest BCUT2D eigenvalue weighted by molar-refractivity contribution is 5.79. The third-order valence-electron chi connectivity index (χ3n) is 6.47. The molecule has 6 nitrogen and oxygen atoms in total. The Hall–Kier alpha value is -1.70. The van der Waals surface area contributed by atoms with Crippen molar-refractivity contribution in [3.8, 4) is 0 Å². The van der Waals surface area contributed by atoms with Crippen LogP contribution in [0.15, 0.2) is 29.3 Å². The van der Waals surface area contributed by atoms with E-state index in [1.807, 2.05) is 6.07 Å². The van der Waals surface area contributed by atoms with Crippen molar-refractivity contribution in [2.45, 2.75) is 38.1 Å². The van der Waals surface area contributed by atoms with E-state index >= 15 is 0 Å². The van der Waals surface area contributed by atoms with Gasteiger partial charge >= 0.3 is 0 Å². The molecule has 1 unspecified atom stereocenters. The predicted octanol–water partition coefficient (Wildman–Crippen LogP) is 2.40. The SMILES string of the molecule is CN=C(NCC(C(C)C)N1CCOCC1)NCC1(c2cccc(F)c2)CCOCC1. The van der Waals surface area contributed by atoms with E-state index < -0.39 is 0 Å². The van der Waals surface area contributed by atoms with Crippen molar-refractivity contribution in [3.05, 3.63) is 35.6 Å². The molecule has 168 valence electrons. The first kappa shape index (κ1) is 23.0. The van der Waals surface area contributed by atoms with Crippen LogP contribution >= 0.6 is 0 Å². The summed E-state index contributed by atoms with van der Waals surface area (Å²) in [7, 11) is 1.80. The molecule has 2 aliphatic heterocycles. The van der Waals surface area contributed by atoms with Gasteiger partial charge in [-0.25, -0.2) is 4.39 Å². The largest absolute Gasteiger partial charge is 0.381 e. The molecule has 2 N–H and O–H groups in total. The first-order valence-corrected chi connectivity index (χ1v) is 11.1. The molecule has 2 aliphatic rings. The Kier molecular flexibility index (Phi) is 8.48. The monoisotopic (exact) mass is 420 g/mol. The lowest BCUT2D eigenvalue weighted by molar-refractivity contribution is 0.00750. The number of nitrogens with zero attached hydrogens (tertiary/aromatic N) is 2. The van der Waals surface area contributed by atoms with Gasteiger partial charge < -0.3 is 20.1 Å². The number of nitrogens with one attached hydrogen (secondary N) is 2. The number of morpholine rings is 1. The van der Waals surface area contributed by atoms with E-state index in [4.69, 9.17) is 9.47 Å². The molecule has 1 aromatic rings. The van der Waals surface area contributed by atoms with Crippen molar-refractivity contribution in [1.82, 2.24) is 15.5 Å². The number of hydrogen-bond acceptors (Lipinski definition) is 4. The van der Waals surface area contributed by atoms with Gasteiger partial charge in [0.05, 0.1) is 13.2 Å². The van der Waals surface area contributed by atoms with Gasteiger partial charge in [-0.2, -0.15) is 0 Å². The molecule has 2 saturated heterocycles. The van der Waals surface area contributed by atoms with Gasteiger partial charge in [0.15, 0.2) is 5.96 Å². The van der Waals surface area contributed by atoms with Crippen LogP contribution in [0.5, 0.6) is 0 Å². The van der Waals surface area contributed by atoms with Crippen molar-refractivity contribution in [3.63, 3.8) is 0 Å². The maximum Gasteiger partial charge on any atom is 0.191 e. The minimum absolute atomic E-state index is 0.153. The lowest BCUT2D eigenvalue weighted by Gasteiger charge is -2.39. The molecular weight excluding hydrogens is 383 g/mol. The number of halogens is 1. The van der Waals surface area contributed by atoms with Crippen LogP contribution in [0, 0.1) is 11.7 Å². The summed E-state index contributed by atoms with van der Waals surface area (Å²) < 4.78 is 25.0. The van der Waals surface area contributed by atoms with E-state index in [2.05, 4.69) is 34.4 Å². The van der Waals surface area contributed by atoms with Crippen LogP contribution in [0.1, 0.15) is 32.3 Å². The maximum absolute atomic E-state index is 13.9. The molecule has 0 amide bonds. The van der Waals surface area contributed by atoms with Gasteiger partial charge in [-0.05, 0) is 36.5 Å². The Balaban J connectivity index is 1.62. The van der Waals surface area contributed by atoms with E-state index in [1.165, 1.54) is 6.07 Å². The average Bonchev–Trinajstić information content (AvgIpc) is 2.77. The first-order chi connectivity index (χ1) is 14.5. The van der Waals surface area contributed by atoms with Gasteiger partial charge in [0.2, 0.25) is 0 Å². The summed E-state index contributed by atoms with van der Waals surface area (Å²) in [5.41, 5.74) is 0.877. The summed E-state index contributed by atoms with van der Waals surface area (Å²) in [5.74, 6) is 1.13. The molecule has 1 aromatic carbocycles. The van der Waals surface area contributed by atoms with Crippen LogP contribution in [-0.2, 0) is 14.9 Å². The van der Waals surface area contributed by atoms with Gasteiger partial charge in [-0.1, -0.05) is 26.0 Å². The molecule has 0 aromatic heterocycles. The van der Waals surface area contributed by atoms with Gasteiger partial charge in [-0.3, -0.25) is 9.89 Å². The second-order valence-electron chi connectivity index (χ2n) is 8.67. The standard InChI is InChI=1S/C23H37FN4O2/c1-18(2)21(28-9-13-30-14-10-28)16-26-22(25-3)27-17-23(7-11-29-12-8-23)19-5-4-6-20(24)15-19/h4-6,15,18,21H,7-14,16-17H2,1-3H3,(H2,25,26,27). The zero-order valence-electron chi connectivity index (χ0n) is 18.6. The summed E-state index contributed by atoms with van der Waals surface area (Å²) in [4.78, 5) is 6.94. The molecule has 0 saturated carbocycles. The fourth-order valence-corrected chi connectivity index (χ4v) is 4.52. The van der Waals surface area contributed by atoms with E-state index in [1.54, 1.807) is 19.2 Å². The maximum atomic E-state index is 13.9. The summed E-state index contributed by atoms with van der Waals surface area (Å²) in [5, 5.41) is 7.03. The molecule has 0 aliphatic carbocycles. The van der Waals surface area contributed by atoms with E-state index in [0.29, 0.717) is 31.7 Å². The second-order valence-corrected chi connectivity index (χ2v) is 8.67. The highest BCUT2D eigenvalue weighted by Crippen LogP contribution is 2.34. The smallest absolute Gasteiger partial charge is 0.191 e. The van der Waals surface area contributed by atoms with Crippen LogP contribution in [0.3, 0.4) is 0 Å². The van der Waals surface area contributed by atoms with Gasteiger partial charge in [0, 0.05) is 57.9 Å². The number of aliphatic imine (C=N–C) groups is 1. The molecule has 2 fully saturated rings. The molecule has 30 heavy (non-hydrogen) atoms. The quantitative estimate of drug-likeness (QED) is 0.524. The van der Waals surface area contributed by atoms with E-state index in [9.17, 15) is 4.39 Å². The summed E-state index contributed by atoms with van der Waals surface area (Å²) in [6, 6.07) is 7.41. The Morgan fingerprint density at radius 3 is 2.47 bits per heavy atom. The normalized spacial score (nSPS) is 21.4. The summed E-state index contributed by atoms with van der Waals surface area (Å²) in [6.45, 7) is 11.0. The van der Waals surface area contributed by atoms with Crippen LogP contribution in [0.2, 0.25) is 0 Å². The minimum atomic E-state index is -0.189. The van der Waals surface area contributed by atoms with Crippen LogP contribution in [0.25, 0.3) is 0 Å². The lowest BCUT2D eigenvalue weighted by Crippen LogP contribution is -2.54. The van der Waals surface area contributed by atoms with E-state index in [0.717, 1.165) is 57.2 Å². The molecule has 0 bridgehead atoms. The third-order valence-corrected chi connectivity index (χ3v) is 6.47. The Morgan fingerprint density at radius 1 is 1.13 bits per heavy atom. The number of rotatable bonds is 7. The molecule has 0 spiro atoms. The van der Waals surface area contributed by atoms with Crippen LogP contribution < -0.4 is 10.6 Å². The highest BCUT2D eigenvalue weighted by atomic mass is 19.1.